The minimum absolute atomic E-state index is 0.185. The normalized spacial score (nSPS) is 19.7. The van der Waals surface area contributed by atoms with Crippen molar-refractivity contribution in [3.63, 3.8) is 0 Å². The first-order chi connectivity index (χ1) is 15.5. The summed E-state index contributed by atoms with van der Waals surface area (Å²) in [5, 5.41) is 0. The van der Waals surface area contributed by atoms with E-state index in [1.54, 1.807) is 21.2 Å². The Morgan fingerprint density at radius 2 is 1.88 bits per heavy atom. The van der Waals surface area contributed by atoms with Crippen LogP contribution in [0.15, 0.2) is 42.5 Å². The summed E-state index contributed by atoms with van der Waals surface area (Å²) in [6.07, 6.45) is 4.16. The summed E-state index contributed by atoms with van der Waals surface area (Å²) in [6.45, 7) is 1.99. The zero-order chi connectivity index (χ0) is 22.7. The lowest BCUT2D eigenvalue weighted by atomic mass is 9.79. The third-order valence-electron chi connectivity index (χ3n) is 6.74. The zero-order valence-electron chi connectivity index (χ0n) is 19.2. The molecule has 6 heteroatoms. The number of likely N-dealkylation sites (tertiary alicyclic amines) is 1. The van der Waals surface area contributed by atoms with E-state index in [4.69, 9.17) is 9.47 Å². The summed E-state index contributed by atoms with van der Waals surface area (Å²) in [6, 6.07) is 13.9. The SMILES string of the molecule is COc1ccc(C(=O)CCCN2CCC3c4cccc(OC(=O)N(C)C)c4CCC32)cc1. The summed E-state index contributed by atoms with van der Waals surface area (Å²) in [5.74, 6) is 2.11. The molecule has 0 N–H and O–H groups in total. The van der Waals surface area contributed by atoms with Crippen molar-refractivity contribution in [2.24, 2.45) is 0 Å². The maximum atomic E-state index is 12.5. The van der Waals surface area contributed by atoms with Gasteiger partial charge < -0.3 is 14.4 Å². The molecule has 2 aliphatic rings. The van der Waals surface area contributed by atoms with E-state index in [9.17, 15) is 9.59 Å². The number of fused-ring (bicyclic) bond motifs is 3. The lowest BCUT2D eigenvalue weighted by Crippen LogP contribution is -2.36. The van der Waals surface area contributed by atoms with Gasteiger partial charge in [0.2, 0.25) is 0 Å². The number of hydrogen-bond acceptors (Lipinski definition) is 5. The molecule has 6 nitrogen and oxygen atoms in total. The first kappa shape index (κ1) is 22.3. The molecule has 0 spiro atoms. The van der Waals surface area contributed by atoms with Gasteiger partial charge in [0.1, 0.15) is 11.5 Å². The van der Waals surface area contributed by atoms with E-state index in [2.05, 4.69) is 11.0 Å². The van der Waals surface area contributed by atoms with Gasteiger partial charge in [-0.05, 0) is 80.2 Å². The highest BCUT2D eigenvalue weighted by molar-refractivity contribution is 5.96. The van der Waals surface area contributed by atoms with Crippen LogP contribution in [-0.4, -0.2) is 62.0 Å². The molecule has 2 aromatic carbocycles. The Kier molecular flexibility index (Phi) is 6.80. The number of amides is 1. The number of nitrogens with zero attached hydrogens (tertiary/aromatic N) is 2. The van der Waals surface area contributed by atoms with Crippen molar-refractivity contribution in [1.29, 1.82) is 0 Å². The molecule has 1 aliphatic heterocycles. The van der Waals surface area contributed by atoms with E-state index in [0.717, 1.165) is 50.1 Å². The van der Waals surface area contributed by atoms with Crippen LogP contribution in [-0.2, 0) is 6.42 Å². The fraction of sp³-hybridized carbons (Fsp3) is 0.462. The Bertz CT molecular complexity index is 970. The molecule has 1 amide bonds. The van der Waals surface area contributed by atoms with Crippen molar-refractivity contribution in [3.05, 3.63) is 59.2 Å². The van der Waals surface area contributed by atoms with Gasteiger partial charge in [0.05, 0.1) is 7.11 Å². The van der Waals surface area contributed by atoms with Crippen molar-refractivity contribution >= 4 is 11.9 Å². The first-order valence-corrected chi connectivity index (χ1v) is 11.4. The van der Waals surface area contributed by atoms with Crippen LogP contribution in [0.3, 0.4) is 0 Å². The fourth-order valence-corrected chi connectivity index (χ4v) is 5.08. The maximum Gasteiger partial charge on any atom is 0.414 e. The molecule has 2 unspecified atom stereocenters. The number of methoxy groups -OCH3 is 1. The van der Waals surface area contributed by atoms with Gasteiger partial charge in [0, 0.05) is 38.0 Å². The number of ether oxygens (including phenoxy) is 2. The number of benzene rings is 2. The van der Waals surface area contributed by atoms with Crippen molar-refractivity contribution in [2.45, 2.75) is 44.1 Å². The molecular formula is C26H32N2O4. The van der Waals surface area contributed by atoms with E-state index >= 15 is 0 Å². The van der Waals surface area contributed by atoms with E-state index in [1.165, 1.54) is 16.0 Å². The van der Waals surface area contributed by atoms with Crippen molar-refractivity contribution in [2.75, 3.05) is 34.3 Å². The van der Waals surface area contributed by atoms with E-state index < -0.39 is 0 Å². The Morgan fingerprint density at radius 1 is 1.09 bits per heavy atom. The van der Waals surface area contributed by atoms with Crippen LogP contribution < -0.4 is 9.47 Å². The molecule has 170 valence electrons. The number of Topliss-reactive ketones (excluding diaryl/α,β-unsaturated/α-hetero) is 1. The van der Waals surface area contributed by atoms with Gasteiger partial charge in [-0.1, -0.05) is 12.1 Å². The molecule has 1 heterocycles. The average Bonchev–Trinajstić information content (AvgIpc) is 3.22. The van der Waals surface area contributed by atoms with Crippen molar-refractivity contribution in [3.8, 4) is 11.5 Å². The standard InChI is InChI=1S/C26H32N2O4/c1-27(2)26(30)32-25-8-4-6-20-21-15-17-28(23(21)14-13-22(20)25)16-5-7-24(29)18-9-11-19(31-3)12-10-18/h4,6,8-12,21,23H,5,7,13-17H2,1-3H3. The van der Waals surface area contributed by atoms with Gasteiger partial charge in [-0.2, -0.15) is 0 Å². The number of carbonyl (C=O) groups excluding carboxylic acids is 2. The summed E-state index contributed by atoms with van der Waals surface area (Å²) >= 11 is 0. The van der Waals surface area contributed by atoms with Crippen LogP contribution in [0.25, 0.3) is 0 Å². The Morgan fingerprint density at radius 3 is 2.59 bits per heavy atom. The topological polar surface area (TPSA) is 59.1 Å². The molecule has 32 heavy (non-hydrogen) atoms. The lowest BCUT2D eigenvalue weighted by Gasteiger charge is -2.34. The van der Waals surface area contributed by atoms with Gasteiger partial charge in [-0.3, -0.25) is 9.69 Å². The molecular weight excluding hydrogens is 404 g/mol. The van der Waals surface area contributed by atoms with Gasteiger partial charge in [-0.15, -0.1) is 0 Å². The van der Waals surface area contributed by atoms with Crippen LogP contribution in [0.1, 0.15) is 53.1 Å². The predicted molar refractivity (Wildman–Crippen MR) is 124 cm³/mol. The number of rotatable bonds is 7. The highest BCUT2D eigenvalue weighted by atomic mass is 16.6. The number of hydrogen-bond donors (Lipinski definition) is 0. The van der Waals surface area contributed by atoms with Crippen molar-refractivity contribution in [1.82, 2.24) is 9.80 Å². The Balaban J connectivity index is 1.35. The summed E-state index contributed by atoms with van der Waals surface area (Å²) < 4.78 is 10.8. The summed E-state index contributed by atoms with van der Waals surface area (Å²) in [7, 11) is 5.02. The number of ketones is 1. The maximum absolute atomic E-state index is 12.5. The van der Waals surface area contributed by atoms with E-state index in [0.29, 0.717) is 24.1 Å². The Hall–Kier alpha value is -2.86. The molecule has 2 atom stereocenters. The smallest absolute Gasteiger partial charge is 0.414 e. The molecule has 0 aromatic heterocycles. The molecule has 4 rings (SSSR count). The Labute approximate surface area is 190 Å². The second-order valence-electron chi connectivity index (χ2n) is 8.88. The quantitative estimate of drug-likeness (QED) is 0.597. The molecule has 0 bridgehead atoms. The summed E-state index contributed by atoms with van der Waals surface area (Å²) in [4.78, 5) is 28.6. The van der Waals surface area contributed by atoms with E-state index in [1.807, 2.05) is 36.4 Å². The van der Waals surface area contributed by atoms with Gasteiger partial charge >= 0.3 is 6.09 Å². The largest absolute Gasteiger partial charge is 0.497 e. The highest BCUT2D eigenvalue weighted by Gasteiger charge is 2.39. The molecule has 2 aromatic rings. The van der Waals surface area contributed by atoms with Gasteiger partial charge in [-0.25, -0.2) is 4.79 Å². The second-order valence-corrected chi connectivity index (χ2v) is 8.88. The van der Waals surface area contributed by atoms with Crippen LogP contribution in [0, 0.1) is 0 Å². The van der Waals surface area contributed by atoms with Crippen LogP contribution >= 0.6 is 0 Å². The minimum Gasteiger partial charge on any atom is -0.497 e. The summed E-state index contributed by atoms with van der Waals surface area (Å²) in [5.41, 5.74) is 3.25. The van der Waals surface area contributed by atoms with Gasteiger partial charge in [0.25, 0.3) is 0 Å². The monoisotopic (exact) mass is 436 g/mol. The van der Waals surface area contributed by atoms with Gasteiger partial charge in [0.15, 0.2) is 5.78 Å². The molecule has 0 radical (unpaired) electrons. The predicted octanol–water partition coefficient (Wildman–Crippen LogP) is 4.52. The third-order valence-corrected chi connectivity index (χ3v) is 6.74. The highest BCUT2D eigenvalue weighted by Crippen LogP contribution is 2.44. The van der Waals surface area contributed by atoms with E-state index in [-0.39, 0.29) is 11.9 Å². The lowest BCUT2D eigenvalue weighted by molar-refractivity contribution is 0.0972. The number of carbonyl (C=O) groups is 2. The zero-order valence-corrected chi connectivity index (χ0v) is 19.2. The second kappa shape index (κ2) is 9.74. The fourth-order valence-electron chi connectivity index (χ4n) is 5.08. The minimum atomic E-state index is -0.338. The van der Waals surface area contributed by atoms with Crippen LogP contribution in [0.5, 0.6) is 11.5 Å². The molecule has 1 fully saturated rings. The molecule has 1 saturated heterocycles. The average molecular weight is 437 g/mol. The first-order valence-electron chi connectivity index (χ1n) is 11.4. The molecule has 0 saturated carbocycles. The third kappa shape index (κ3) is 4.65. The van der Waals surface area contributed by atoms with Crippen LogP contribution in [0.2, 0.25) is 0 Å². The molecule has 1 aliphatic carbocycles. The van der Waals surface area contributed by atoms with Crippen molar-refractivity contribution < 1.29 is 19.1 Å². The van der Waals surface area contributed by atoms with Crippen LogP contribution in [0.4, 0.5) is 4.79 Å².